The molecule has 2 fully saturated rings. The molecule has 142 valence electrons. The lowest BCUT2D eigenvalue weighted by atomic mass is 9.96. The number of carbonyl (C=O) groups is 1. The molecule has 5 rings (SSSR count). The molecule has 2 aromatic rings. The zero-order valence-corrected chi connectivity index (χ0v) is 16.1. The number of nitrogens with zero attached hydrogens (tertiary/aromatic N) is 3. The molecule has 3 aliphatic rings. The van der Waals surface area contributed by atoms with Crippen molar-refractivity contribution in [1.82, 2.24) is 14.8 Å². The Labute approximate surface area is 160 Å². The second kappa shape index (κ2) is 6.48. The van der Waals surface area contributed by atoms with Crippen LogP contribution in [0.15, 0.2) is 24.3 Å². The maximum Gasteiger partial charge on any atom is 0.255 e. The van der Waals surface area contributed by atoms with Gasteiger partial charge in [0.25, 0.3) is 5.91 Å². The van der Waals surface area contributed by atoms with Crippen LogP contribution in [0, 0.1) is 0 Å². The van der Waals surface area contributed by atoms with Crippen LogP contribution in [0.4, 0.5) is 0 Å². The molecular weight excluding hydrogens is 338 g/mol. The highest BCUT2D eigenvalue weighted by Gasteiger charge is 2.44. The van der Waals surface area contributed by atoms with Crippen molar-refractivity contribution in [3.63, 3.8) is 0 Å². The van der Waals surface area contributed by atoms with Gasteiger partial charge >= 0.3 is 0 Å². The second-order valence-corrected chi connectivity index (χ2v) is 8.24. The van der Waals surface area contributed by atoms with Crippen molar-refractivity contribution in [2.75, 3.05) is 13.7 Å². The number of amides is 1. The minimum Gasteiger partial charge on any atom is -0.477 e. The average molecular weight is 365 g/mol. The van der Waals surface area contributed by atoms with Crippen LogP contribution < -0.4 is 4.74 Å². The molecule has 1 aromatic carbocycles. The first kappa shape index (κ1) is 17.0. The standard InChI is InChI=1S/C22H27N3O2/c1-3-10-27-21-18-13-25(16-11-14-8-9-15(12-16)24(14)2)22(26)20(18)17-6-4-5-7-19(17)23-21/h4-7,14-16H,3,8-13H2,1-2H3. The smallest absolute Gasteiger partial charge is 0.255 e. The number of piperidine rings is 1. The summed E-state index contributed by atoms with van der Waals surface area (Å²) >= 11 is 0. The molecule has 5 nitrogen and oxygen atoms in total. The Morgan fingerprint density at radius 1 is 1.15 bits per heavy atom. The van der Waals surface area contributed by atoms with Crippen molar-refractivity contribution in [1.29, 1.82) is 0 Å². The molecule has 1 amide bonds. The van der Waals surface area contributed by atoms with Gasteiger partial charge in [-0.25, -0.2) is 4.98 Å². The minimum atomic E-state index is 0.166. The Hall–Kier alpha value is -2.14. The normalized spacial score (nSPS) is 27.4. The highest BCUT2D eigenvalue weighted by Crippen LogP contribution is 2.41. The van der Waals surface area contributed by atoms with Crippen molar-refractivity contribution in [3.8, 4) is 5.88 Å². The van der Waals surface area contributed by atoms with E-state index in [2.05, 4.69) is 23.8 Å². The Morgan fingerprint density at radius 3 is 2.63 bits per heavy atom. The number of hydrogen-bond donors (Lipinski definition) is 0. The summed E-state index contributed by atoms with van der Waals surface area (Å²) in [6.07, 6.45) is 5.63. The van der Waals surface area contributed by atoms with Crippen LogP contribution >= 0.6 is 0 Å². The summed E-state index contributed by atoms with van der Waals surface area (Å²) in [4.78, 5) is 22.9. The highest BCUT2D eigenvalue weighted by atomic mass is 16.5. The van der Waals surface area contributed by atoms with E-state index in [-0.39, 0.29) is 5.91 Å². The third-order valence-corrected chi connectivity index (χ3v) is 6.72. The lowest BCUT2D eigenvalue weighted by Crippen LogP contribution is -2.49. The molecule has 0 aliphatic carbocycles. The molecule has 2 saturated heterocycles. The minimum absolute atomic E-state index is 0.166. The van der Waals surface area contributed by atoms with Crippen LogP contribution in [0.1, 0.15) is 54.9 Å². The van der Waals surface area contributed by atoms with E-state index < -0.39 is 0 Å². The number of fused-ring (bicyclic) bond motifs is 5. The van der Waals surface area contributed by atoms with Gasteiger partial charge in [0.05, 0.1) is 24.2 Å². The van der Waals surface area contributed by atoms with Gasteiger partial charge in [0, 0.05) is 29.1 Å². The van der Waals surface area contributed by atoms with Crippen LogP contribution in [-0.2, 0) is 6.54 Å². The average Bonchev–Trinajstić information content (AvgIpc) is 3.11. The van der Waals surface area contributed by atoms with E-state index in [0.29, 0.717) is 37.2 Å². The Bertz CT molecular complexity index is 883. The molecule has 2 unspecified atom stereocenters. The fraction of sp³-hybridized carbons (Fsp3) is 0.545. The van der Waals surface area contributed by atoms with Crippen LogP contribution in [0.25, 0.3) is 10.9 Å². The predicted octanol–water partition coefficient (Wildman–Crippen LogP) is 3.60. The summed E-state index contributed by atoms with van der Waals surface area (Å²) in [5.41, 5.74) is 2.65. The number of para-hydroxylation sites is 1. The van der Waals surface area contributed by atoms with Crippen LogP contribution in [0.3, 0.4) is 0 Å². The Kier molecular flexibility index (Phi) is 4.08. The van der Waals surface area contributed by atoms with Crippen LogP contribution in [0.2, 0.25) is 0 Å². The van der Waals surface area contributed by atoms with E-state index in [1.807, 2.05) is 24.3 Å². The van der Waals surface area contributed by atoms with Crippen LogP contribution in [-0.4, -0.2) is 52.5 Å². The van der Waals surface area contributed by atoms with Gasteiger partial charge < -0.3 is 14.5 Å². The molecule has 3 aliphatic heterocycles. The number of carbonyl (C=O) groups excluding carboxylic acids is 1. The zero-order valence-electron chi connectivity index (χ0n) is 16.1. The molecule has 2 atom stereocenters. The van der Waals surface area contributed by atoms with Gasteiger partial charge in [-0.2, -0.15) is 0 Å². The number of aromatic nitrogens is 1. The Morgan fingerprint density at radius 2 is 1.89 bits per heavy atom. The maximum absolute atomic E-state index is 13.5. The second-order valence-electron chi connectivity index (χ2n) is 8.24. The summed E-state index contributed by atoms with van der Waals surface area (Å²) < 4.78 is 5.96. The summed E-state index contributed by atoms with van der Waals surface area (Å²) in [6, 6.07) is 9.52. The summed E-state index contributed by atoms with van der Waals surface area (Å²) in [5, 5.41) is 0.958. The summed E-state index contributed by atoms with van der Waals surface area (Å²) in [6.45, 7) is 3.36. The van der Waals surface area contributed by atoms with Gasteiger partial charge in [0.2, 0.25) is 5.88 Å². The third-order valence-electron chi connectivity index (χ3n) is 6.72. The zero-order chi connectivity index (χ0) is 18.5. The van der Waals surface area contributed by atoms with Gasteiger partial charge in [0.15, 0.2) is 0 Å². The van der Waals surface area contributed by atoms with Gasteiger partial charge in [-0.05, 0) is 45.2 Å². The first-order valence-electron chi connectivity index (χ1n) is 10.2. The van der Waals surface area contributed by atoms with Crippen molar-refractivity contribution < 1.29 is 9.53 Å². The van der Waals surface area contributed by atoms with E-state index >= 15 is 0 Å². The third kappa shape index (κ3) is 2.63. The molecule has 27 heavy (non-hydrogen) atoms. The number of pyridine rings is 1. The number of benzene rings is 1. The van der Waals surface area contributed by atoms with Gasteiger partial charge in [-0.15, -0.1) is 0 Å². The molecule has 0 saturated carbocycles. The van der Waals surface area contributed by atoms with Crippen molar-refractivity contribution in [2.45, 2.75) is 63.7 Å². The molecule has 4 heterocycles. The van der Waals surface area contributed by atoms with E-state index in [4.69, 9.17) is 9.72 Å². The quantitative estimate of drug-likeness (QED) is 0.830. The van der Waals surface area contributed by atoms with Crippen LogP contribution in [0.5, 0.6) is 5.88 Å². The largest absolute Gasteiger partial charge is 0.477 e. The number of hydrogen-bond acceptors (Lipinski definition) is 4. The molecule has 0 N–H and O–H groups in total. The van der Waals surface area contributed by atoms with Gasteiger partial charge in [0.1, 0.15) is 0 Å². The lowest BCUT2D eigenvalue weighted by Gasteiger charge is -2.40. The van der Waals surface area contributed by atoms with Crippen molar-refractivity contribution in [3.05, 3.63) is 35.4 Å². The Balaban J connectivity index is 1.53. The SMILES string of the molecule is CCCOc1nc2ccccc2c2c1CN(C1CC3CCC(C1)N3C)C2=O. The summed E-state index contributed by atoms with van der Waals surface area (Å²) in [5.74, 6) is 0.816. The van der Waals surface area contributed by atoms with E-state index in [0.717, 1.165) is 41.3 Å². The van der Waals surface area contributed by atoms with E-state index in [1.165, 1.54) is 12.8 Å². The number of ether oxygens (including phenoxy) is 1. The fourth-order valence-corrected chi connectivity index (χ4v) is 5.26. The summed E-state index contributed by atoms with van der Waals surface area (Å²) in [7, 11) is 2.24. The molecule has 2 bridgehead atoms. The molecule has 1 aromatic heterocycles. The molecular formula is C22H27N3O2. The van der Waals surface area contributed by atoms with Crippen molar-refractivity contribution >= 4 is 16.8 Å². The van der Waals surface area contributed by atoms with Gasteiger partial charge in [-0.3, -0.25) is 4.79 Å². The molecule has 0 radical (unpaired) electrons. The molecule has 5 heteroatoms. The first-order valence-corrected chi connectivity index (χ1v) is 10.2. The highest BCUT2D eigenvalue weighted by molar-refractivity contribution is 6.10. The van der Waals surface area contributed by atoms with Gasteiger partial charge in [-0.1, -0.05) is 25.1 Å². The first-order chi connectivity index (χ1) is 13.2. The monoisotopic (exact) mass is 365 g/mol. The van der Waals surface area contributed by atoms with E-state index in [1.54, 1.807) is 0 Å². The molecule has 0 spiro atoms. The maximum atomic E-state index is 13.5. The lowest BCUT2D eigenvalue weighted by molar-refractivity contribution is 0.0507. The number of rotatable bonds is 4. The van der Waals surface area contributed by atoms with Crippen molar-refractivity contribution in [2.24, 2.45) is 0 Å². The predicted molar refractivity (Wildman–Crippen MR) is 105 cm³/mol. The fourth-order valence-electron chi connectivity index (χ4n) is 5.26. The topological polar surface area (TPSA) is 45.7 Å². The van der Waals surface area contributed by atoms with E-state index in [9.17, 15) is 4.79 Å².